The summed E-state index contributed by atoms with van der Waals surface area (Å²) < 4.78 is 5.47. The summed E-state index contributed by atoms with van der Waals surface area (Å²) in [6.07, 6.45) is 2.25. The van der Waals surface area contributed by atoms with Gasteiger partial charge in [0.25, 0.3) is 0 Å². The van der Waals surface area contributed by atoms with Crippen molar-refractivity contribution >= 4 is 23.1 Å². The normalized spacial score (nSPS) is 17.4. The third-order valence-corrected chi connectivity index (χ3v) is 4.53. The van der Waals surface area contributed by atoms with Crippen LogP contribution in [-0.4, -0.2) is 30.3 Å². The molecule has 2 aromatic rings. The van der Waals surface area contributed by atoms with Gasteiger partial charge in [0.1, 0.15) is 5.01 Å². The van der Waals surface area contributed by atoms with E-state index in [4.69, 9.17) is 4.74 Å². The predicted octanol–water partition coefficient (Wildman–Crippen LogP) is 3.42. The number of carbonyl (C=O) groups is 1. The number of ether oxygens (including phenoxy) is 1. The first-order valence-electron chi connectivity index (χ1n) is 7.40. The average molecular weight is 317 g/mol. The Hall–Kier alpha value is -1.92. The van der Waals surface area contributed by atoms with Crippen LogP contribution >= 0.6 is 11.3 Å². The number of nitrogens with zero attached hydrogens (tertiary/aromatic N) is 1. The van der Waals surface area contributed by atoms with Gasteiger partial charge in [0.05, 0.1) is 6.10 Å². The Morgan fingerprint density at radius 3 is 2.86 bits per heavy atom. The highest BCUT2D eigenvalue weighted by atomic mass is 32.1. The third-order valence-electron chi connectivity index (χ3n) is 3.52. The first-order chi connectivity index (χ1) is 10.7. The highest BCUT2D eigenvalue weighted by molar-refractivity contribution is 7.13. The molecule has 3 rings (SSSR count). The zero-order chi connectivity index (χ0) is 15.4. The summed E-state index contributed by atoms with van der Waals surface area (Å²) in [7, 11) is 0. The SMILES string of the molecule is Cc1csc(-c2ccc(NC(=O)NC[C@H]3CCCO3)cc2)n1. The fourth-order valence-electron chi connectivity index (χ4n) is 2.37. The molecule has 1 aromatic heterocycles. The Kier molecular flexibility index (Phi) is 4.70. The zero-order valence-corrected chi connectivity index (χ0v) is 13.3. The van der Waals surface area contributed by atoms with E-state index in [1.807, 2.05) is 36.6 Å². The molecule has 1 aromatic carbocycles. The van der Waals surface area contributed by atoms with Crippen molar-refractivity contribution in [2.75, 3.05) is 18.5 Å². The standard InChI is InChI=1S/C16H19N3O2S/c1-11-10-22-15(18-11)12-4-6-13(7-5-12)19-16(20)17-9-14-3-2-8-21-14/h4-7,10,14H,2-3,8-9H2,1H3,(H2,17,19,20)/t14-/m1/s1. The summed E-state index contributed by atoms with van der Waals surface area (Å²) in [5, 5.41) is 8.68. The fraction of sp³-hybridized carbons (Fsp3) is 0.375. The molecule has 0 spiro atoms. The molecule has 0 unspecified atom stereocenters. The van der Waals surface area contributed by atoms with Crippen LogP contribution in [-0.2, 0) is 4.74 Å². The second kappa shape index (κ2) is 6.89. The van der Waals surface area contributed by atoms with Gasteiger partial charge in [0.15, 0.2) is 0 Å². The van der Waals surface area contributed by atoms with E-state index in [0.717, 1.165) is 41.4 Å². The molecule has 1 saturated heterocycles. The van der Waals surface area contributed by atoms with E-state index in [1.54, 1.807) is 11.3 Å². The van der Waals surface area contributed by atoms with E-state index in [1.165, 1.54) is 0 Å². The second-order valence-corrected chi connectivity index (χ2v) is 6.20. The van der Waals surface area contributed by atoms with Gasteiger partial charge in [-0.15, -0.1) is 11.3 Å². The first kappa shape index (κ1) is 15.0. The Morgan fingerprint density at radius 1 is 1.41 bits per heavy atom. The number of hydrogen-bond acceptors (Lipinski definition) is 4. The maximum atomic E-state index is 11.8. The smallest absolute Gasteiger partial charge is 0.319 e. The molecule has 1 fully saturated rings. The van der Waals surface area contributed by atoms with Crippen LogP contribution in [0.3, 0.4) is 0 Å². The van der Waals surface area contributed by atoms with Crippen LogP contribution in [0.4, 0.5) is 10.5 Å². The number of thiazole rings is 1. The van der Waals surface area contributed by atoms with Crippen LogP contribution in [0.2, 0.25) is 0 Å². The fourth-order valence-corrected chi connectivity index (χ4v) is 3.17. The van der Waals surface area contributed by atoms with Crippen molar-refractivity contribution in [2.45, 2.75) is 25.9 Å². The number of aryl methyl sites for hydroxylation is 1. The molecule has 2 heterocycles. The lowest BCUT2D eigenvalue weighted by molar-refractivity contribution is 0.112. The lowest BCUT2D eigenvalue weighted by Gasteiger charge is -2.11. The van der Waals surface area contributed by atoms with Crippen molar-refractivity contribution in [3.63, 3.8) is 0 Å². The van der Waals surface area contributed by atoms with Crippen LogP contribution in [0, 0.1) is 6.92 Å². The third kappa shape index (κ3) is 3.84. The van der Waals surface area contributed by atoms with Crippen LogP contribution in [0.25, 0.3) is 10.6 Å². The van der Waals surface area contributed by atoms with Gasteiger partial charge in [-0.1, -0.05) is 0 Å². The molecule has 0 radical (unpaired) electrons. The number of urea groups is 1. The number of anilines is 1. The summed E-state index contributed by atoms with van der Waals surface area (Å²) in [5.41, 5.74) is 2.85. The lowest BCUT2D eigenvalue weighted by Crippen LogP contribution is -2.34. The van der Waals surface area contributed by atoms with Gasteiger partial charge >= 0.3 is 6.03 Å². The van der Waals surface area contributed by atoms with E-state index < -0.39 is 0 Å². The number of benzene rings is 1. The van der Waals surface area contributed by atoms with E-state index >= 15 is 0 Å². The monoisotopic (exact) mass is 317 g/mol. The molecular weight excluding hydrogens is 298 g/mol. The second-order valence-electron chi connectivity index (χ2n) is 5.34. The molecule has 1 aliphatic heterocycles. The predicted molar refractivity (Wildman–Crippen MR) is 88.3 cm³/mol. The molecular formula is C16H19N3O2S. The summed E-state index contributed by atoms with van der Waals surface area (Å²) >= 11 is 1.62. The highest BCUT2D eigenvalue weighted by Crippen LogP contribution is 2.24. The largest absolute Gasteiger partial charge is 0.376 e. The number of aromatic nitrogens is 1. The zero-order valence-electron chi connectivity index (χ0n) is 12.5. The van der Waals surface area contributed by atoms with Gasteiger partial charge in [0, 0.05) is 35.5 Å². The molecule has 116 valence electrons. The number of amides is 2. The van der Waals surface area contributed by atoms with Gasteiger partial charge in [-0.3, -0.25) is 0 Å². The molecule has 6 heteroatoms. The van der Waals surface area contributed by atoms with Crippen molar-refractivity contribution in [2.24, 2.45) is 0 Å². The first-order valence-corrected chi connectivity index (χ1v) is 8.28. The lowest BCUT2D eigenvalue weighted by atomic mass is 10.2. The van der Waals surface area contributed by atoms with Crippen molar-refractivity contribution in [1.29, 1.82) is 0 Å². The van der Waals surface area contributed by atoms with Crippen molar-refractivity contribution in [3.05, 3.63) is 35.3 Å². The van der Waals surface area contributed by atoms with Gasteiger partial charge in [-0.05, 0) is 44.0 Å². The quantitative estimate of drug-likeness (QED) is 0.908. The molecule has 2 amide bonds. The van der Waals surface area contributed by atoms with Crippen LogP contribution in [0.15, 0.2) is 29.6 Å². The maximum Gasteiger partial charge on any atom is 0.319 e. The van der Waals surface area contributed by atoms with Crippen molar-refractivity contribution < 1.29 is 9.53 Å². The van der Waals surface area contributed by atoms with Crippen LogP contribution < -0.4 is 10.6 Å². The maximum absolute atomic E-state index is 11.8. The van der Waals surface area contributed by atoms with E-state index in [0.29, 0.717) is 6.54 Å². The Morgan fingerprint density at radius 2 is 2.23 bits per heavy atom. The van der Waals surface area contributed by atoms with Gasteiger partial charge in [0.2, 0.25) is 0 Å². The minimum atomic E-state index is -0.201. The molecule has 0 bridgehead atoms. The summed E-state index contributed by atoms with van der Waals surface area (Å²) in [6.45, 7) is 3.34. The number of carbonyl (C=O) groups excluding carboxylic acids is 1. The van der Waals surface area contributed by atoms with Crippen LogP contribution in [0.5, 0.6) is 0 Å². The number of nitrogens with one attached hydrogen (secondary N) is 2. The Bertz CT molecular complexity index is 633. The molecule has 0 aliphatic carbocycles. The summed E-state index contributed by atoms with van der Waals surface area (Å²) in [6, 6.07) is 7.51. The van der Waals surface area contributed by atoms with E-state index in [-0.39, 0.29) is 12.1 Å². The highest BCUT2D eigenvalue weighted by Gasteiger charge is 2.16. The minimum Gasteiger partial charge on any atom is -0.376 e. The number of hydrogen-bond donors (Lipinski definition) is 2. The van der Waals surface area contributed by atoms with Crippen molar-refractivity contribution in [1.82, 2.24) is 10.3 Å². The number of rotatable bonds is 4. The molecule has 22 heavy (non-hydrogen) atoms. The van der Waals surface area contributed by atoms with E-state index in [2.05, 4.69) is 15.6 Å². The summed E-state index contributed by atoms with van der Waals surface area (Å²) in [4.78, 5) is 16.3. The molecule has 0 saturated carbocycles. The van der Waals surface area contributed by atoms with Crippen molar-refractivity contribution in [3.8, 4) is 10.6 Å². The Balaban J connectivity index is 1.53. The minimum absolute atomic E-state index is 0.154. The van der Waals surface area contributed by atoms with Gasteiger partial charge < -0.3 is 15.4 Å². The van der Waals surface area contributed by atoms with Crippen LogP contribution in [0.1, 0.15) is 18.5 Å². The van der Waals surface area contributed by atoms with Gasteiger partial charge in [-0.2, -0.15) is 0 Å². The summed E-state index contributed by atoms with van der Waals surface area (Å²) in [5.74, 6) is 0. The molecule has 2 N–H and O–H groups in total. The molecule has 5 nitrogen and oxygen atoms in total. The molecule has 1 atom stereocenters. The average Bonchev–Trinajstić information content (AvgIpc) is 3.17. The topological polar surface area (TPSA) is 63.2 Å². The Labute approximate surface area is 133 Å². The van der Waals surface area contributed by atoms with Gasteiger partial charge in [-0.25, -0.2) is 9.78 Å². The molecule has 1 aliphatic rings. The van der Waals surface area contributed by atoms with E-state index in [9.17, 15) is 4.79 Å².